The predicted molar refractivity (Wildman–Crippen MR) is 100 cm³/mol. The number of hydrogen-bond donors (Lipinski definition) is 2. The molecule has 1 aliphatic rings. The summed E-state index contributed by atoms with van der Waals surface area (Å²) in [6.45, 7) is 3.76. The molecule has 140 valence electrons. The first-order chi connectivity index (χ1) is 12.5. The molecule has 2 aromatic rings. The molecule has 1 unspecified atom stereocenters. The van der Waals surface area contributed by atoms with Crippen molar-refractivity contribution in [3.05, 3.63) is 39.5 Å². The maximum atomic E-state index is 13.7. The summed E-state index contributed by atoms with van der Waals surface area (Å²) in [5, 5.41) is 8.48. The summed E-state index contributed by atoms with van der Waals surface area (Å²) >= 11 is 12.1. The molecule has 0 saturated carbocycles. The van der Waals surface area contributed by atoms with E-state index >= 15 is 0 Å². The van der Waals surface area contributed by atoms with E-state index < -0.39 is 18.6 Å². The van der Waals surface area contributed by atoms with Crippen LogP contribution in [0, 0.1) is 0 Å². The van der Waals surface area contributed by atoms with Crippen LogP contribution in [0.3, 0.4) is 0 Å². The summed E-state index contributed by atoms with van der Waals surface area (Å²) in [6, 6.07) is 4.50. The fraction of sp³-hybridized carbons (Fsp3) is 0.412. The van der Waals surface area contributed by atoms with E-state index in [1.54, 1.807) is 22.9 Å². The van der Waals surface area contributed by atoms with Crippen LogP contribution in [-0.2, 0) is 6.54 Å². The van der Waals surface area contributed by atoms with Crippen LogP contribution in [0.1, 0.15) is 29.0 Å². The smallest absolute Gasteiger partial charge is 0.252 e. The average molecular weight is 400 g/mol. The fourth-order valence-corrected chi connectivity index (χ4v) is 3.48. The number of aromatic nitrogens is 2. The van der Waals surface area contributed by atoms with Crippen molar-refractivity contribution in [3.63, 3.8) is 0 Å². The molecule has 1 aromatic carbocycles. The van der Waals surface area contributed by atoms with Gasteiger partial charge in [-0.3, -0.25) is 14.4 Å². The molecule has 3 rings (SSSR count). The number of nitrogens with one attached hydrogen (secondary N) is 1. The first-order valence-corrected chi connectivity index (χ1v) is 9.07. The average Bonchev–Trinajstić information content (AvgIpc) is 3.01. The lowest BCUT2D eigenvalue weighted by Crippen LogP contribution is -2.43. The zero-order valence-electron chi connectivity index (χ0n) is 14.3. The number of amides is 1. The van der Waals surface area contributed by atoms with Crippen molar-refractivity contribution in [2.24, 2.45) is 5.73 Å². The Morgan fingerprint density at radius 1 is 1.42 bits per heavy atom. The van der Waals surface area contributed by atoms with Crippen LogP contribution >= 0.6 is 23.2 Å². The van der Waals surface area contributed by atoms with Gasteiger partial charge in [0.2, 0.25) is 0 Å². The largest absolute Gasteiger partial charge is 0.365 e. The van der Waals surface area contributed by atoms with Gasteiger partial charge in [0.05, 0.1) is 27.3 Å². The van der Waals surface area contributed by atoms with E-state index in [0.717, 1.165) is 6.54 Å². The Labute approximate surface area is 161 Å². The minimum Gasteiger partial charge on any atom is -0.365 e. The van der Waals surface area contributed by atoms with E-state index in [-0.39, 0.29) is 0 Å². The van der Waals surface area contributed by atoms with Crippen molar-refractivity contribution in [1.82, 2.24) is 20.0 Å². The first kappa shape index (κ1) is 19.1. The highest BCUT2D eigenvalue weighted by Crippen LogP contribution is 2.34. The summed E-state index contributed by atoms with van der Waals surface area (Å²) < 4.78 is 15.2. The van der Waals surface area contributed by atoms with Gasteiger partial charge in [0.15, 0.2) is 0 Å². The van der Waals surface area contributed by atoms with E-state index in [1.807, 2.05) is 11.8 Å². The monoisotopic (exact) mass is 399 g/mol. The quantitative estimate of drug-likeness (QED) is 0.782. The number of rotatable bonds is 6. The molecule has 26 heavy (non-hydrogen) atoms. The van der Waals surface area contributed by atoms with Gasteiger partial charge in [-0.1, -0.05) is 36.2 Å². The summed E-state index contributed by atoms with van der Waals surface area (Å²) in [6.07, 6.45) is 0. The lowest BCUT2D eigenvalue weighted by Gasteiger charge is -2.32. The number of carbonyl (C=O) groups is 1. The Morgan fingerprint density at radius 2 is 2.19 bits per heavy atom. The molecule has 9 heteroatoms. The van der Waals surface area contributed by atoms with Gasteiger partial charge in [-0.15, -0.1) is 0 Å². The molecule has 0 bridgehead atoms. The predicted octanol–water partition coefficient (Wildman–Crippen LogP) is 2.85. The van der Waals surface area contributed by atoms with Gasteiger partial charge < -0.3 is 11.1 Å². The van der Waals surface area contributed by atoms with Gasteiger partial charge in [-0.25, -0.2) is 4.39 Å². The number of primary amides is 1. The van der Waals surface area contributed by atoms with E-state index in [4.69, 9.17) is 28.9 Å². The number of carbonyl (C=O) groups excluding carboxylic acids is 1. The van der Waals surface area contributed by atoms with Crippen LogP contribution in [0.4, 0.5) is 4.39 Å². The topological polar surface area (TPSA) is 76.2 Å². The Hall–Kier alpha value is -1.67. The second-order valence-electron chi connectivity index (χ2n) is 6.19. The van der Waals surface area contributed by atoms with Crippen LogP contribution in [0.2, 0.25) is 10.0 Å². The summed E-state index contributed by atoms with van der Waals surface area (Å²) in [5.74, 6) is -0.602. The maximum Gasteiger partial charge on any atom is 0.252 e. The van der Waals surface area contributed by atoms with Gasteiger partial charge in [0, 0.05) is 25.3 Å². The molecule has 6 nitrogen and oxygen atoms in total. The van der Waals surface area contributed by atoms with Crippen LogP contribution in [0.15, 0.2) is 18.2 Å². The minimum absolute atomic E-state index is 0.294. The normalized spacial score (nSPS) is 17.3. The lowest BCUT2D eigenvalue weighted by atomic mass is 10.0. The molecule has 1 aliphatic heterocycles. The van der Waals surface area contributed by atoms with Gasteiger partial charge in [0.25, 0.3) is 5.91 Å². The molecule has 1 amide bonds. The number of alkyl halides is 1. The molecule has 3 N–H and O–H groups in total. The summed E-state index contributed by atoms with van der Waals surface area (Å²) in [7, 11) is 0. The first-order valence-electron chi connectivity index (χ1n) is 8.31. The molecule has 1 aromatic heterocycles. The SMILES string of the molecule is CCNCN1Cc2c(C(N)=O)c(-c3ccc(Cl)c(Cl)c3)nn2C(CF)C1. The molecule has 2 heterocycles. The van der Waals surface area contributed by atoms with Gasteiger partial charge in [-0.2, -0.15) is 5.10 Å². The lowest BCUT2D eigenvalue weighted by molar-refractivity contribution is 0.0993. The number of nitrogens with zero attached hydrogens (tertiary/aromatic N) is 3. The van der Waals surface area contributed by atoms with Crippen LogP contribution in [0.5, 0.6) is 0 Å². The van der Waals surface area contributed by atoms with Crippen LogP contribution in [-0.4, -0.2) is 47.0 Å². The third-order valence-corrected chi connectivity index (χ3v) is 5.14. The molecule has 0 spiro atoms. The molecule has 0 aliphatic carbocycles. The third-order valence-electron chi connectivity index (χ3n) is 4.40. The number of hydrogen-bond acceptors (Lipinski definition) is 4. The van der Waals surface area contributed by atoms with E-state index in [1.165, 1.54) is 0 Å². The van der Waals surface area contributed by atoms with Crippen LogP contribution in [0.25, 0.3) is 11.3 Å². The highest BCUT2D eigenvalue weighted by Gasteiger charge is 2.32. The van der Waals surface area contributed by atoms with Gasteiger partial charge >= 0.3 is 0 Å². The van der Waals surface area contributed by atoms with E-state index in [9.17, 15) is 9.18 Å². The summed E-state index contributed by atoms with van der Waals surface area (Å²) in [5.41, 5.74) is 7.57. The van der Waals surface area contributed by atoms with Crippen LogP contribution < -0.4 is 11.1 Å². The van der Waals surface area contributed by atoms with E-state index in [2.05, 4.69) is 10.4 Å². The molecular weight excluding hydrogens is 380 g/mol. The Morgan fingerprint density at radius 3 is 2.81 bits per heavy atom. The Balaban J connectivity index is 2.09. The number of fused-ring (bicyclic) bond motifs is 1. The molecule has 0 fully saturated rings. The highest BCUT2D eigenvalue weighted by molar-refractivity contribution is 6.42. The van der Waals surface area contributed by atoms with Crippen molar-refractivity contribution >= 4 is 29.1 Å². The highest BCUT2D eigenvalue weighted by atomic mass is 35.5. The molecule has 0 radical (unpaired) electrons. The van der Waals surface area contributed by atoms with Gasteiger partial charge in [-0.05, 0) is 18.7 Å². The standard InChI is InChI=1S/C17H20Cl2FN5O/c1-2-22-9-24-7-11(6-20)25-14(8-24)15(17(21)26)16(23-25)10-3-4-12(18)13(19)5-10/h3-5,11,22H,2,6-9H2,1H3,(H2,21,26). The van der Waals surface area contributed by atoms with Gasteiger partial charge in [0.1, 0.15) is 12.4 Å². The fourth-order valence-electron chi connectivity index (χ4n) is 3.18. The Kier molecular flexibility index (Phi) is 5.82. The second kappa shape index (κ2) is 7.92. The third kappa shape index (κ3) is 3.57. The molecule has 1 atom stereocenters. The zero-order chi connectivity index (χ0) is 18.8. The number of benzene rings is 1. The van der Waals surface area contributed by atoms with Crippen molar-refractivity contribution in [2.75, 3.05) is 26.4 Å². The van der Waals surface area contributed by atoms with Crippen molar-refractivity contribution in [3.8, 4) is 11.3 Å². The zero-order valence-corrected chi connectivity index (χ0v) is 15.8. The number of halogens is 3. The summed E-state index contributed by atoms with van der Waals surface area (Å²) in [4.78, 5) is 14.2. The molecular formula is C17H20Cl2FN5O. The van der Waals surface area contributed by atoms with Crippen molar-refractivity contribution in [1.29, 1.82) is 0 Å². The van der Waals surface area contributed by atoms with Crippen molar-refractivity contribution < 1.29 is 9.18 Å². The van der Waals surface area contributed by atoms with Crippen molar-refractivity contribution in [2.45, 2.75) is 19.5 Å². The maximum absolute atomic E-state index is 13.7. The minimum atomic E-state index is -0.602. The Bertz CT molecular complexity index is 826. The number of nitrogens with two attached hydrogens (primary N) is 1. The molecule has 0 saturated heterocycles. The van der Waals surface area contributed by atoms with E-state index in [0.29, 0.717) is 52.3 Å². The second-order valence-corrected chi connectivity index (χ2v) is 7.00.